The normalized spacial score (nSPS) is 12.2. The van der Waals surface area contributed by atoms with E-state index in [9.17, 15) is 0 Å². The van der Waals surface area contributed by atoms with Crippen molar-refractivity contribution in [3.8, 4) is 44.8 Å². The molecule has 0 fully saturated rings. The number of furan rings is 3. The fourth-order valence-corrected chi connectivity index (χ4v) is 11.0. The van der Waals surface area contributed by atoms with Gasteiger partial charge in [-0.25, -0.2) is 4.98 Å². The highest BCUT2D eigenvalue weighted by Crippen LogP contribution is 2.48. The predicted octanol–water partition coefficient (Wildman–Crippen LogP) is 17.5. The maximum absolute atomic E-state index is 7.07. The Kier molecular flexibility index (Phi) is 7.50. The maximum Gasteiger partial charge on any atom is 0.143 e. The van der Waals surface area contributed by atoms with Gasteiger partial charge in [-0.05, 0) is 123 Å². The molecule has 0 saturated carbocycles. The Labute approximate surface area is 372 Å². The van der Waals surface area contributed by atoms with E-state index in [1.54, 1.807) is 0 Å². The van der Waals surface area contributed by atoms with Crippen LogP contribution in [-0.2, 0) is 0 Å². The summed E-state index contributed by atoms with van der Waals surface area (Å²) in [6, 6.07) is 66.7. The zero-order valence-electron chi connectivity index (χ0n) is 35.6. The van der Waals surface area contributed by atoms with E-state index < -0.39 is 0 Å². The van der Waals surface area contributed by atoms with Crippen LogP contribution in [0.1, 0.15) is 11.1 Å². The molecule has 0 bridgehead atoms. The summed E-state index contributed by atoms with van der Waals surface area (Å²) in [6.07, 6.45) is 0. The molecule has 14 rings (SSSR count). The first-order chi connectivity index (χ1) is 32.1. The summed E-state index contributed by atoms with van der Waals surface area (Å²) in [7, 11) is 0. The van der Waals surface area contributed by atoms with Crippen LogP contribution in [0.15, 0.2) is 201 Å². The van der Waals surface area contributed by atoms with Crippen LogP contribution in [0.25, 0.3) is 143 Å². The van der Waals surface area contributed by atoms with Gasteiger partial charge in [0.05, 0.1) is 11.4 Å². The zero-order chi connectivity index (χ0) is 42.9. The number of aromatic nitrogens is 1. The molecule has 304 valence electrons. The standard InChI is InChI=1S/C61H37NO3/c1-34-56(47-22-11-23-48-58-45(21-13-27-55(58)65-61(47)48)44-20-12-26-54-57(44)46-19-8-10-25-52(46)64-54)35(2)60(37-29-31-53-50(33-37)43-18-7-9-24-51(43)63-53)62-59(34)36-28-30-42-40-16-4-3-14-38(40)39-15-5-6-17-41(39)49(42)32-36/h3-33H,1-2H3. The Morgan fingerprint density at radius 3 is 1.42 bits per heavy atom. The minimum atomic E-state index is 0.838. The molecular weight excluding hydrogens is 795 g/mol. The van der Waals surface area contributed by atoms with Gasteiger partial charge in [-0.3, -0.25) is 0 Å². The number of rotatable bonds is 4. The van der Waals surface area contributed by atoms with Gasteiger partial charge in [-0.15, -0.1) is 0 Å². The molecule has 14 aromatic rings. The number of fused-ring (bicyclic) bond motifs is 15. The van der Waals surface area contributed by atoms with Crippen LogP contribution < -0.4 is 0 Å². The Morgan fingerprint density at radius 2 is 0.738 bits per heavy atom. The summed E-state index contributed by atoms with van der Waals surface area (Å²) < 4.78 is 19.7. The van der Waals surface area contributed by atoms with Crippen LogP contribution in [0, 0.1) is 13.8 Å². The molecule has 4 heterocycles. The first kappa shape index (κ1) is 36.1. The van der Waals surface area contributed by atoms with Crippen LogP contribution in [0.3, 0.4) is 0 Å². The number of benzene rings is 10. The van der Waals surface area contributed by atoms with Crippen molar-refractivity contribution in [3.63, 3.8) is 0 Å². The fourth-order valence-electron chi connectivity index (χ4n) is 11.0. The molecule has 0 aliphatic heterocycles. The van der Waals surface area contributed by atoms with Gasteiger partial charge in [-0.2, -0.15) is 0 Å². The summed E-state index contributed by atoms with van der Waals surface area (Å²) in [5.41, 5.74) is 15.7. The van der Waals surface area contributed by atoms with Crippen molar-refractivity contribution < 1.29 is 13.3 Å². The average molecular weight is 832 g/mol. The van der Waals surface area contributed by atoms with Crippen molar-refractivity contribution in [2.75, 3.05) is 0 Å². The minimum Gasteiger partial charge on any atom is -0.456 e. The van der Waals surface area contributed by atoms with Gasteiger partial charge in [-0.1, -0.05) is 140 Å². The second-order valence-corrected chi connectivity index (χ2v) is 17.3. The molecule has 0 atom stereocenters. The SMILES string of the molecule is Cc1c(-c2ccc3oc4ccccc4c3c2)nc(-c2ccc3c4ccccc4c4ccccc4c3c2)c(C)c1-c1cccc2c1oc1cccc(-c3cccc4oc5ccccc5c34)c12. The van der Waals surface area contributed by atoms with Crippen molar-refractivity contribution in [3.05, 3.63) is 199 Å². The highest BCUT2D eigenvalue weighted by Gasteiger charge is 2.25. The summed E-state index contributed by atoms with van der Waals surface area (Å²) >= 11 is 0. The molecule has 4 aromatic heterocycles. The molecule has 0 amide bonds. The van der Waals surface area contributed by atoms with Gasteiger partial charge in [0.15, 0.2) is 0 Å². The molecule has 4 nitrogen and oxygen atoms in total. The summed E-state index contributed by atoms with van der Waals surface area (Å²) in [5, 5.41) is 13.9. The van der Waals surface area contributed by atoms with Gasteiger partial charge in [0, 0.05) is 49.0 Å². The van der Waals surface area contributed by atoms with Crippen molar-refractivity contribution in [2.24, 2.45) is 0 Å². The molecule has 0 aliphatic carbocycles. The minimum absolute atomic E-state index is 0.838. The molecule has 0 spiro atoms. The number of para-hydroxylation sites is 3. The smallest absolute Gasteiger partial charge is 0.143 e. The van der Waals surface area contributed by atoms with Gasteiger partial charge < -0.3 is 13.3 Å². The third-order valence-corrected chi connectivity index (χ3v) is 13.8. The fraction of sp³-hybridized carbons (Fsp3) is 0.0328. The molecular formula is C61H37NO3. The predicted molar refractivity (Wildman–Crippen MR) is 270 cm³/mol. The molecule has 0 aliphatic rings. The lowest BCUT2D eigenvalue weighted by Crippen LogP contribution is -2.01. The molecule has 4 heteroatoms. The Balaban J connectivity index is 1.05. The Hall–Kier alpha value is -8.47. The second-order valence-electron chi connectivity index (χ2n) is 17.3. The number of hydrogen-bond donors (Lipinski definition) is 0. The summed E-state index contributed by atoms with van der Waals surface area (Å²) in [6.45, 7) is 4.44. The van der Waals surface area contributed by atoms with Crippen LogP contribution >= 0.6 is 0 Å². The first-order valence-corrected chi connectivity index (χ1v) is 22.2. The van der Waals surface area contributed by atoms with E-state index >= 15 is 0 Å². The number of hydrogen-bond acceptors (Lipinski definition) is 4. The average Bonchev–Trinajstić information content (AvgIpc) is 4.06. The van der Waals surface area contributed by atoms with E-state index in [0.29, 0.717) is 0 Å². The van der Waals surface area contributed by atoms with Crippen molar-refractivity contribution in [1.82, 2.24) is 4.98 Å². The van der Waals surface area contributed by atoms with Gasteiger partial charge >= 0.3 is 0 Å². The van der Waals surface area contributed by atoms with E-state index in [0.717, 1.165) is 122 Å². The lowest BCUT2D eigenvalue weighted by atomic mass is 9.87. The lowest BCUT2D eigenvalue weighted by molar-refractivity contribution is 0.668. The second kappa shape index (κ2) is 13.5. The molecule has 0 N–H and O–H groups in total. The maximum atomic E-state index is 7.07. The molecule has 0 saturated heterocycles. The van der Waals surface area contributed by atoms with Crippen molar-refractivity contribution in [2.45, 2.75) is 13.8 Å². The highest BCUT2D eigenvalue weighted by molar-refractivity contribution is 6.26. The van der Waals surface area contributed by atoms with E-state index in [1.165, 1.54) is 32.3 Å². The van der Waals surface area contributed by atoms with Gasteiger partial charge in [0.25, 0.3) is 0 Å². The third-order valence-electron chi connectivity index (χ3n) is 13.8. The number of nitrogens with zero attached hydrogens (tertiary/aromatic N) is 1. The third kappa shape index (κ3) is 5.16. The molecule has 0 unspecified atom stereocenters. The van der Waals surface area contributed by atoms with Crippen LogP contribution in [-0.4, -0.2) is 4.98 Å². The van der Waals surface area contributed by atoms with Crippen molar-refractivity contribution in [1.29, 1.82) is 0 Å². The van der Waals surface area contributed by atoms with Crippen molar-refractivity contribution >= 4 is 98.1 Å². The zero-order valence-corrected chi connectivity index (χ0v) is 35.6. The van der Waals surface area contributed by atoms with E-state index in [1.807, 2.05) is 24.3 Å². The van der Waals surface area contributed by atoms with Crippen LogP contribution in [0.5, 0.6) is 0 Å². The quantitative estimate of drug-likeness (QED) is 0.166. The topological polar surface area (TPSA) is 52.3 Å². The number of pyridine rings is 1. The molecule has 10 aromatic carbocycles. The van der Waals surface area contributed by atoms with Crippen LogP contribution in [0.4, 0.5) is 0 Å². The first-order valence-electron chi connectivity index (χ1n) is 22.2. The van der Waals surface area contributed by atoms with Gasteiger partial charge in [0.2, 0.25) is 0 Å². The highest BCUT2D eigenvalue weighted by atomic mass is 16.3. The lowest BCUT2D eigenvalue weighted by Gasteiger charge is -2.19. The van der Waals surface area contributed by atoms with E-state index in [2.05, 4.69) is 178 Å². The monoisotopic (exact) mass is 831 g/mol. The van der Waals surface area contributed by atoms with E-state index in [4.69, 9.17) is 18.2 Å². The van der Waals surface area contributed by atoms with Crippen LogP contribution in [0.2, 0.25) is 0 Å². The Bertz CT molecular complexity index is 4300. The Morgan fingerprint density at radius 1 is 0.308 bits per heavy atom. The molecule has 0 radical (unpaired) electrons. The largest absolute Gasteiger partial charge is 0.456 e. The molecule has 65 heavy (non-hydrogen) atoms. The van der Waals surface area contributed by atoms with Gasteiger partial charge in [0.1, 0.15) is 33.5 Å². The van der Waals surface area contributed by atoms with E-state index in [-0.39, 0.29) is 0 Å². The summed E-state index contributed by atoms with van der Waals surface area (Å²) in [5.74, 6) is 0. The summed E-state index contributed by atoms with van der Waals surface area (Å²) in [4.78, 5) is 5.67.